The van der Waals surface area contributed by atoms with Crippen molar-refractivity contribution < 1.29 is 42.7 Å². The van der Waals surface area contributed by atoms with E-state index in [1.165, 1.54) is 4.90 Å². The Morgan fingerprint density at radius 1 is 1.00 bits per heavy atom. The van der Waals surface area contributed by atoms with Crippen LogP contribution >= 0.6 is 0 Å². The summed E-state index contributed by atoms with van der Waals surface area (Å²) in [5, 5.41) is 12.8. The molecule has 3 aromatic rings. The Balaban J connectivity index is 1.25. The van der Waals surface area contributed by atoms with Crippen LogP contribution in [0.2, 0.25) is 0 Å². The smallest absolute Gasteiger partial charge is 0.254 e. The molecule has 1 aromatic heterocycles. The average Bonchev–Trinajstić information content (AvgIpc) is 3.91. The first kappa shape index (κ1) is 43.8. The van der Waals surface area contributed by atoms with Crippen LogP contribution in [0, 0.1) is 28.9 Å². The van der Waals surface area contributed by atoms with Crippen molar-refractivity contribution in [1.29, 1.82) is 0 Å². The maximum atomic E-state index is 15.1. The van der Waals surface area contributed by atoms with E-state index in [0.29, 0.717) is 37.1 Å². The molecule has 1 fully saturated rings. The van der Waals surface area contributed by atoms with E-state index < -0.39 is 65.9 Å². The average molecular weight is 802 g/mol. The number of halogens is 2. The number of carbonyl (C=O) groups is 6. The third kappa shape index (κ3) is 11.0. The van der Waals surface area contributed by atoms with Crippen molar-refractivity contribution in [1.82, 2.24) is 19.7 Å². The molecule has 4 atom stereocenters. The van der Waals surface area contributed by atoms with Gasteiger partial charge in [-0.05, 0) is 66.8 Å². The van der Waals surface area contributed by atoms with E-state index in [1.54, 1.807) is 12.3 Å². The Labute approximate surface area is 337 Å². The summed E-state index contributed by atoms with van der Waals surface area (Å²) < 4.78 is 31.4. The van der Waals surface area contributed by atoms with Crippen LogP contribution in [0.15, 0.2) is 72.9 Å². The van der Waals surface area contributed by atoms with Crippen molar-refractivity contribution in [2.45, 2.75) is 84.3 Å². The fraction of sp³-hybridized carbons (Fsp3) is 0.455. The zero-order valence-corrected chi connectivity index (χ0v) is 33.3. The van der Waals surface area contributed by atoms with Crippen LogP contribution in [0.25, 0.3) is 11.1 Å². The molecule has 2 aromatic carbocycles. The molecule has 4 N–H and O–H groups in total. The van der Waals surface area contributed by atoms with E-state index >= 15 is 4.39 Å². The summed E-state index contributed by atoms with van der Waals surface area (Å²) in [5.41, 5.74) is 7.88. The monoisotopic (exact) mass is 801 g/mol. The summed E-state index contributed by atoms with van der Waals surface area (Å²) in [7, 11) is 0. The topological polar surface area (TPSA) is 172 Å². The lowest BCUT2D eigenvalue weighted by atomic mass is 9.82. The Kier molecular flexibility index (Phi) is 14.6. The fourth-order valence-corrected chi connectivity index (χ4v) is 8.12. The molecule has 2 heterocycles. The number of Topliss-reactive ketones (excluding diaryl/α,β-unsaturated/α-hetero) is 2. The molecular formula is C44H53F2N5O7. The van der Waals surface area contributed by atoms with E-state index in [-0.39, 0.29) is 61.3 Å². The largest absolute Gasteiger partial charge is 0.387 e. The SMILES string of the molecule is CC(C)(C)[C@H](c1cc(-c2cc(F)ccc2F)cn1Cc1ccccc1)N(CC[C@H](N)C(=O)C[C@H]1CCC[C@H]1C(=O)CCCNC(=O)CN1C(=O)C=CC1=O)C(=O)CO. The maximum Gasteiger partial charge on any atom is 0.254 e. The fourth-order valence-electron chi connectivity index (χ4n) is 8.12. The van der Waals surface area contributed by atoms with Crippen molar-refractivity contribution in [2.75, 3.05) is 26.2 Å². The summed E-state index contributed by atoms with van der Waals surface area (Å²) in [5.74, 6) is -4.17. The van der Waals surface area contributed by atoms with Gasteiger partial charge >= 0.3 is 0 Å². The number of aliphatic hydroxyl groups excluding tert-OH is 1. The van der Waals surface area contributed by atoms with Crippen LogP contribution < -0.4 is 11.1 Å². The molecule has 0 unspecified atom stereocenters. The number of hydrogen-bond donors (Lipinski definition) is 3. The molecule has 12 nitrogen and oxygen atoms in total. The number of imide groups is 1. The van der Waals surface area contributed by atoms with Gasteiger partial charge < -0.3 is 25.6 Å². The zero-order chi connectivity index (χ0) is 42.1. The van der Waals surface area contributed by atoms with E-state index in [0.717, 1.165) is 47.2 Å². The van der Waals surface area contributed by atoms with E-state index in [4.69, 9.17) is 5.73 Å². The second kappa shape index (κ2) is 19.4. The molecule has 4 amide bonds. The number of nitrogens with one attached hydrogen (secondary N) is 1. The van der Waals surface area contributed by atoms with Gasteiger partial charge in [0.2, 0.25) is 11.8 Å². The molecule has 0 bridgehead atoms. The lowest BCUT2D eigenvalue weighted by Gasteiger charge is -2.41. The summed E-state index contributed by atoms with van der Waals surface area (Å²) in [6.45, 7) is 5.17. The predicted octanol–water partition coefficient (Wildman–Crippen LogP) is 4.87. The molecule has 14 heteroatoms. The number of ketones is 2. The minimum Gasteiger partial charge on any atom is -0.387 e. The van der Waals surface area contributed by atoms with Crippen molar-refractivity contribution in [2.24, 2.45) is 23.0 Å². The Morgan fingerprint density at radius 2 is 1.71 bits per heavy atom. The Bertz CT molecular complexity index is 2010. The van der Waals surface area contributed by atoms with Gasteiger partial charge in [-0.3, -0.25) is 33.7 Å². The second-order valence-electron chi connectivity index (χ2n) is 16.3. The highest BCUT2D eigenvalue weighted by atomic mass is 19.1. The molecule has 0 spiro atoms. The van der Waals surface area contributed by atoms with Gasteiger partial charge in [-0.25, -0.2) is 8.78 Å². The Morgan fingerprint density at radius 3 is 2.38 bits per heavy atom. The van der Waals surface area contributed by atoms with E-state index in [1.807, 2.05) is 55.7 Å². The first-order valence-corrected chi connectivity index (χ1v) is 19.8. The van der Waals surface area contributed by atoms with Gasteiger partial charge in [-0.15, -0.1) is 0 Å². The predicted molar refractivity (Wildman–Crippen MR) is 212 cm³/mol. The van der Waals surface area contributed by atoms with E-state index in [9.17, 15) is 38.3 Å². The van der Waals surface area contributed by atoms with Crippen LogP contribution in [-0.2, 0) is 35.3 Å². The summed E-state index contributed by atoms with van der Waals surface area (Å²) in [4.78, 5) is 78.4. The molecule has 310 valence electrons. The lowest BCUT2D eigenvalue weighted by Crippen LogP contribution is -2.46. The second-order valence-corrected chi connectivity index (χ2v) is 16.3. The van der Waals surface area contributed by atoms with Crippen LogP contribution in [-0.4, -0.2) is 87.0 Å². The number of amides is 4. The lowest BCUT2D eigenvalue weighted by molar-refractivity contribution is -0.141. The Hall–Kier alpha value is -5.34. The molecule has 58 heavy (non-hydrogen) atoms. The standard InChI is InChI=1S/C44H53F2N5O7/c1-44(2,3)43(36-21-30(33-23-31(45)14-15-34(33)46)25-49(36)24-28-9-5-4-6-10-28)50(42(58)27-52)20-18-35(47)38(54)22-29-11-7-12-32(29)37(53)13-8-19-48-39(55)26-51-40(56)16-17-41(51)57/h4-6,9-10,14-17,21,23,25,29,32,35,43,52H,7-8,11-13,18-20,22,24,26-27,47H2,1-3H3,(H,48,55)/t29-,32-,35+,43+/m1/s1. The summed E-state index contributed by atoms with van der Waals surface area (Å²) in [6.07, 6.45) is 6.77. The first-order chi connectivity index (χ1) is 27.6. The van der Waals surface area contributed by atoms with Gasteiger partial charge in [0, 0.05) is 73.6 Å². The molecule has 1 aliphatic heterocycles. The van der Waals surface area contributed by atoms with Crippen LogP contribution in [0.3, 0.4) is 0 Å². The maximum absolute atomic E-state index is 15.1. The summed E-state index contributed by atoms with van der Waals surface area (Å²) in [6, 6.07) is 12.9. The molecule has 0 saturated heterocycles. The van der Waals surface area contributed by atoms with Gasteiger partial charge in [0.25, 0.3) is 11.8 Å². The van der Waals surface area contributed by atoms with Gasteiger partial charge in [-0.2, -0.15) is 0 Å². The number of benzene rings is 2. The van der Waals surface area contributed by atoms with Gasteiger partial charge in [0.05, 0.1) is 12.1 Å². The number of aliphatic hydroxyl groups is 1. The van der Waals surface area contributed by atoms with Crippen LogP contribution in [0.4, 0.5) is 8.78 Å². The third-order valence-corrected chi connectivity index (χ3v) is 11.0. The number of nitrogens with zero attached hydrogens (tertiary/aromatic N) is 3. The van der Waals surface area contributed by atoms with Crippen LogP contribution in [0.1, 0.15) is 83.0 Å². The number of aromatic nitrogens is 1. The van der Waals surface area contributed by atoms with Crippen molar-refractivity contribution in [3.63, 3.8) is 0 Å². The van der Waals surface area contributed by atoms with Crippen molar-refractivity contribution >= 4 is 35.2 Å². The molecular weight excluding hydrogens is 749 g/mol. The van der Waals surface area contributed by atoms with Crippen molar-refractivity contribution in [3.8, 4) is 11.1 Å². The molecule has 5 rings (SSSR count). The number of hydrogen-bond acceptors (Lipinski definition) is 8. The van der Waals surface area contributed by atoms with Gasteiger partial charge in [0.1, 0.15) is 36.4 Å². The normalized spacial score (nSPS) is 17.7. The van der Waals surface area contributed by atoms with Crippen LogP contribution in [0.5, 0.6) is 0 Å². The molecule has 1 aliphatic carbocycles. The highest BCUT2D eigenvalue weighted by molar-refractivity contribution is 6.14. The molecule has 2 aliphatic rings. The number of nitrogens with two attached hydrogens (primary N) is 1. The van der Waals surface area contributed by atoms with E-state index in [2.05, 4.69) is 5.32 Å². The third-order valence-electron chi connectivity index (χ3n) is 11.0. The molecule has 1 saturated carbocycles. The number of rotatable bonds is 19. The molecule has 0 radical (unpaired) electrons. The number of carbonyl (C=O) groups excluding carboxylic acids is 6. The first-order valence-electron chi connectivity index (χ1n) is 19.8. The highest BCUT2D eigenvalue weighted by Gasteiger charge is 2.39. The van der Waals surface area contributed by atoms with Gasteiger partial charge in [0.15, 0.2) is 0 Å². The quantitative estimate of drug-likeness (QED) is 0.114. The summed E-state index contributed by atoms with van der Waals surface area (Å²) >= 11 is 0. The zero-order valence-electron chi connectivity index (χ0n) is 33.3. The van der Waals surface area contributed by atoms with Gasteiger partial charge in [-0.1, -0.05) is 57.5 Å². The highest BCUT2D eigenvalue weighted by Crippen LogP contribution is 2.42. The minimum atomic E-state index is -0.959. The van der Waals surface area contributed by atoms with Crippen molar-refractivity contribution in [3.05, 3.63) is 95.8 Å². The minimum absolute atomic E-state index is 0.00375.